The summed E-state index contributed by atoms with van der Waals surface area (Å²) in [5.74, 6) is 0.125. The van der Waals surface area contributed by atoms with E-state index in [0.717, 1.165) is 16.5 Å². The average Bonchev–Trinajstić information content (AvgIpc) is 2.73. The fourth-order valence-corrected chi connectivity index (χ4v) is 3.64. The summed E-state index contributed by atoms with van der Waals surface area (Å²) in [5, 5.41) is 3.26. The summed E-state index contributed by atoms with van der Waals surface area (Å²) in [6, 6.07) is 12.4. The number of amides is 2. The SMILES string of the molecule is CCc1ccc(OCC(=O)N(Cc2ccc(Cl)cc2)[C@@H](CC)C(=O)NC)c(Br)c1. The third-order valence-electron chi connectivity index (χ3n) is 4.65. The van der Waals surface area contributed by atoms with Crippen molar-refractivity contribution in [3.63, 3.8) is 0 Å². The molecular weight excluding hydrogens is 456 g/mol. The molecule has 0 radical (unpaired) electrons. The van der Waals surface area contributed by atoms with Crippen molar-refractivity contribution in [3.05, 3.63) is 63.1 Å². The number of ether oxygens (including phenoxy) is 1. The Morgan fingerprint density at radius 2 is 1.79 bits per heavy atom. The van der Waals surface area contributed by atoms with Gasteiger partial charge >= 0.3 is 0 Å². The molecule has 2 amide bonds. The zero-order chi connectivity index (χ0) is 21.4. The van der Waals surface area contributed by atoms with E-state index in [4.69, 9.17) is 16.3 Å². The first-order valence-corrected chi connectivity index (χ1v) is 10.7. The lowest BCUT2D eigenvalue weighted by molar-refractivity contribution is -0.142. The van der Waals surface area contributed by atoms with Crippen LogP contribution in [-0.4, -0.2) is 36.4 Å². The maximum atomic E-state index is 13.0. The molecule has 0 fully saturated rings. The number of likely N-dealkylation sites (N-methyl/N-ethyl adjacent to an activating group) is 1. The van der Waals surface area contributed by atoms with Gasteiger partial charge in [-0.1, -0.05) is 43.6 Å². The molecule has 1 atom stereocenters. The Bertz CT molecular complexity index is 842. The molecule has 2 aromatic carbocycles. The maximum Gasteiger partial charge on any atom is 0.261 e. The summed E-state index contributed by atoms with van der Waals surface area (Å²) in [4.78, 5) is 26.9. The van der Waals surface area contributed by atoms with E-state index in [1.807, 2.05) is 37.3 Å². The van der Waals surface area contributed by atoms with Crippen molar-refractivity contribution in [1.82, 2.24) is 10.2 Å². The average molecular weight is 482 g/mol. The summed E-state index contributed by atoms with van der Waals surface area (Å²) in [6.07, 6.45) is 1.41. The van der Waals surface area contributed by atoms with Gasteiger partial charge in [-0.3, -0.25) is 9.59 Å². The zero-order valence-electron chi connectivity index (χ0n) is 16.9. The number of nitrogens with one attached hydrogen (secondary N) is 1. The summed E-state index contributed by atoms with van der Waals surface area (Å²) in [7, 11) is 1.57. The van der Waals surface area contributed by atoms with Gasteiger partial charge in [-0.2, -0.15) is 0 Å². The minimum atomic E-state index is -0.585. The van der Waals surface area contributed by atoms with Gasteiger partial charge in [0.2, 0.25) is 5.91 Å². The van der Waals surface area contributed by atoms with Crippen LogP contribution >= 0.6 is 27.5 Å². The highest BCUT2D eigenvalue weighted by molar-refractivity contribution is 9.10. The third kappa shape index (κ3) is 6.47. The first-order chi connectivity index (χ1) is 13.9. The number of benzene rings is 2. The van der Waals surface area contributed by atoms with Gasteiger partial charge in [0.25, 0.3) is 5.91 Å². The Morgan fingerprint density at radius 3 is 2.34 bits per heavy atom. The molecule has 0 aliphatic rings. The first-order valence-electron chi connectivity index (χ1n) is 9.56. The molecule has 0 bridgehead atoms. The summed E-state index contributed by atoms with van der Waals surface area (Å²) >= 11 is 9.44. The van der Waals surface area contributed by atoms with Gasteiger partial charge in [-0.25, -0.2) is 0 Å². The van der Waals surface area contributed by atoms with Crippen molar-refractivity contribution in [1.29, 1.82) is 0 Å². The topological polar surface area (TPSA) is 58.6 Å². The van der Waals surface area contributed by atoms with Crippen LogP contribution in [0.25, 0.3) is 0 Å². The molecule has 0 saturated carbocycles. The standard InChI is InChI=1S/C22H26BrClN2O3/c1-4-15-8-11-20(18(23)12-15)29-14-21(27)26(19(5-2)22(28)25-3)13-16-6-9-17(24)10-7-16/h6-12,19H,4-5,13-14H2,1-3H3,(H,25,28)/t19-/m0/s1. The predicted octanol–water partition coefficient (Wildman–Crippen LogP) is 4.60. The van der Waals surface area contributed by atoms with Gasteiger partial charge in [0, 0.05) is 18.6 Å². The summed E-state index contributed by atoms with van der Waals surface area (Å²) < 4.78 is 6.55. The van der Waals surface area contributed by atoms with Crippen LogP contribution in [0.15, 0.2) is 46.9 Å². The van der Waals surface area contributed by atoms with Crippen LogP contribution in [0.3, 0.4) is 0 Å². The highest BCUT2D eigenvalue weighted by Crippen LogP contribution is 2.26. The Hall–Kier alpha value is -2.05. The second-order valence-electron chi connectivity index (χ2n) is 6.59. The number of hydrogen-bond acceptors (Lipinski definition) is 3. The molecule has 29 heavy (non-hydrogen) atoms. The van der Waals surface area contributed by atoms with Gasteiger partial charge in [0.15, 0.2) is 6.61 Å². The Balaban J connectivity index is 2.18. The lowest BCUT2D eigenvalue weighted by atomic mass is 10.1. The zero-order valence-corrected chi connectivity index (χ0v) is 19.2. The Labute approximate surface area is 185 Å². The minimum absolute atomic E-state index is 0.162. The number of halogens is 2. The van der Waals surface area contributed by atoms with Gasteiger partial charge < -0.3 is 15.0 Å². The quantitative estimate of drug-likeness (QED) is 0.569. The van der Waals surface area contributed by atoms with Gasteiger partial charge in [0.05, 0.1) is 4.47 Å². The third-order valence-corrected chi connectivity index (χ3v) is 5.53. The van der Waals surface area contributed by atoms with E-state index >= 15 is 0 Å². The van der Waals surface area contributed by atoms with E-state index in [2.05, 4.69) is 28.2 Å². The normalized spacial score (nSPS) is 11.6. The monoisotopic (exact) mass is 480 g/mol. The fourth-order valence-electron chi connectivity index (χ4n) is 2.98. The minimum Gasteiger partial charge on any atom is -0.483 e. The second kappa shape index (κ2) is 11.2. The van der Waals surface area contributed by atoms with Crippen LogP contribution in [0.1, 0.15) is 31.4 Å². The molecule has 2 aromatic rings. The van der Waals surface area contributed by atoms with Gasteiger partial charge in [-0.15, -0.1) is 0 Å². The molecule has 0 spiro atoms. The largest absolute Gasteiger partial charge is 0.483 e. The summed E-state index contributed by atoms with van der Waals surface area (Å²) in [6.45, 7) is 4.08. The molecule has 0 aliphatic carbocycles. The number of carbonyl (C=O) groups is 2. The smallest absolute Gasteiger partial charge is 0.261 e. The molecular formula is C22H26BrClN2O3. The van der Waals surface area contributed by atoms with E-state index in [1.165, 1.54) is 5.56 Å². The van der Waals surface area contributed by atoms with Gasteiger partial charge in [0.1, 0.15) is 11.8 Å². The second-order valence-corrected chi connectivity index (χ2v) is 7.88. The molecule has 0 aromatic heterocycles. The first kappa shape index (κ1) is 23.2. The lowest BCUT2D eigenvalue weighted by Crippen LogP contribution is -2.49. The van der Waals surface area contributed by atoms with Crippen molar-refractivity contribution in [2.45, 2.75) is 39.3 Å². The van der Waals surface area contributed by atoms with E-state index in [0.29, 0.717) is 23.7 Å². The van der Waals surface area contributed by atoms with Crippen molar-refractivity contribution < 1.29 is 14.3 Å². The Morgan fingerprint density at radius 1 is 1.14 bits per heavy atom. The molecule has 1 N–H and O–H groups in total. The van der Waals surface area contributed by atoms with Crippen LogP contribution in [-0.2, 0) is 22.6 Å². The van der Waals surface area contributed by atoms with Crippen LogP contribution in [0.4, 0.5) is 0 Å². The number of hydrogen-bond donors (Lipinski definition) is 1. The molecule has 156 valence electrons. The highest BCUT2D eigenvalue weighted by Gasteiger charge is 2.28. The molecule has 5 nitrogen and oxygen atoms in total. The van der Waals surface area contributed by atoms with Crippen molar-refractivity contribution in [2.75, 3.05) is 13.7 Å². The maximum absolute atomic E-state index is 13.0. The van der Waals surface area contributed by atoms with Crippen LogP contribution in [0, 0.1) is 0 Å². The predicted molar refractivity (Wildman–Crippen MR) is 119 cm³/mol. The van der Waals surface area contributed by atoms with Crippen LogP contribution < -0.4 is 10.1 Å². The molecule has 0 unspecified atom stereocenters. The number of carbonyl (C=O) groups excluding carboxylic acids is 2. The number of nitrogens with zero attached hydrogens (tertiary/aromatic N) is 1. The lowest BCUT2D eigenvalue weighted by Gasteiger charge is -2.30. The van der Waals surface area contributed by atoms with E-state index in [1.54, 1.807) is 24.1 Å². The summed E-state index contributed by atoms with van der Waals surface area (Å²) in [5.41, 5.74) is 2.06. The highest BCUT2D eigenvalue weighted by atomic mass is 79.9. The Kier molecular flexibility index (Phi) is 8.99. The van der Waals surface area contributed by atoms with Crippen molar-refractivity contribution in [2.24, 2.45) is 0 Å². The van der Waals surface area contributed by atoms with Crippen LogP contribution in [0.5, 0.6) is 5.75 Å². The van der Waals surface area contributed by atoms with E-state index in [-0.39, 0.29) is 18.4 Å². The molecule has 0 aliphatic heterocycles. The molecule has 2 rings (SSSR count). The van der Waals surface area contributed by atoms with Crippen molar-refractivity contribution >= 4 is 39.3 Å². The molecule has 7 heteroatoms. The number of aryl methyl sites for hydroxylation is 1. The van der Waals surface area contributed by atoms with Gasteiger partial charge in [-0.05, 0) is 64.2 Å². The van der Waals surface area contributed by atoms with Crippen LogP contribution in [0.2, 0.25) is 5.02 Å². The van der Waals surface area contributed by atoms with E-state index < -0.39 is 6.04 Å². The fraction of sp³-hybridized carbons (Fsp3) is 0.364. The molecule has 0 saturated heterocycles. The molecule has 0 heterocycles. The van der Waals surface area contributed by atoms with E-state index in [9.17, 15) is 9.59 Å². The number of rotatable bonds is 9. The van der Waals surface area contributed by atoms with Crippen molar-refractivity contribution in [3.8, 4) is 5.75 Å².